The highest BCUT2D eigenvalue weighted by Crippen LogP contribution is 2.25. The van der Waals surface area contributed by atoms with Gasteiger partial charge in [0.15, 0.2) is 0 Å². The third kappa shape index (κ3) is 4.08. The Morgan fingerprint density at radius 2 is 2.23 bits per heavy atom. The van der Waals surface area contributed by atoms with Crippen molar-refractivity contribution in [2.24, 2.45) is 0 Å². The van der Waals surface area contributed by atoms with E-state index in [0.29, 0.717) is 18.7 Å². The number of anilines is 2. The molecule has 0 spiro atoms. The summed E-state index contributed by atoms with van der Waals surface area (Å²) in [7, 11) is 1.80. The second-order valence-corrected chi connectivity index (χ2v) is 6.61. The molecule has 8 nitrogen and oxygen atoms in total. The highest BCUT2D eigenvalue weighted by molar-refractivity contribution is 5.93. The van der Waals surface area contributed by atoms with Gasteiger partial charge in [-0.15, -0.1) is 0 Å². The summed E-state index contributed by atoms with van der Waals surface area (Å²) in [5, 5.41) is 16.8. The van der Waals surface area contributed by atoms with E-state index in [1.165, 1.54) is 6.33 Å². The maximum atomic E-state index is 12.4. The number of pyridine rings is 1. The van der Waals surface area contributed by atoms with E-state index in [1.807, 2.05) is 24.0 Å². The molecule has 138 valence electrons. The van der Waals surface area contributed by atoms with Crippen molar-refractivity contribution in [2.45, 2.75) is 25.4 Å². The second kappa shape index (κ2) is 7.65. The van der Waals surface area contributed by atoms with Crippen LogP contribution in [0.25, 0.3) is 0 Å². The molecule has 8 heteroatoms. The van der Waals surface area contributed by atoms with E-state index in [2.05, 4.69) is 25.6 Å². The van der Waals surface area contributed by atoms with E-state index in [-0.39, 0.29) is 12.5 Å². The first kappa shape index (κ1) is 18.1. The number of β-amino-alcohol motifs (C(OH)–C–C–N with tert-alkyl or cyclic N) is 1. The molecule has 3 N–H and O–H groups in total. The third-order valence-electron chi connectivity index (χ3n) is 4.59. The van der Waals surface area contributed by atoms with Gasteiger partial charge in [0.05, 0.1) is 5.60 Å². The molecule has 0 unspecified atom stereocenters. The molecule has 0 radical (unpaired) electrons. The molecule has 3 rings (SSSR count). The van der Waals surface area contributed by atoms with Crippen molar-refractivity contribution in [3.05, 3.63) is 42.0 Å². The van der Waals surface area contributed by atoms with Crippen LogP contribution in [-0.2, 0) is 0 Å². The number of aromatic nitrogens is 3. The highest BCUT2D eigenvalue weighted by atomic mass is 16.3. The zero-order valence-electron chi connectivity index (χ0n) is 15.1. The summed E-state index contributed by atoms with van der Waals surface area (Å²) in [6, 6.07) is 5.48. The minimum atomic E-state index is -1.01. The van der Waals surface area contributed by atoms with Crippen LogP contribution in [0.1, 0.15) is 28.9 Å². The largest absolute Gasteiger partial charge is 0.386 e. The van der Waals surface area contributed by atoms with Gasteiger partial charge in [-0.3, -0.25) is 9.78 Å². The van der Waals surface area contributed by atoms with E-state index in [9.17, 15) is 9.90 Å². The Kier molecular flexibility index (Phi) is 5.32. The third-order valence-corrected chi connectivity index (χ3v) is 4.59. The minimum Gasteiger partial charge on any atom is -0.386 e. The predicted molar refractivity (Wildman–Crippen MR) is 99.3 cm³/mol. The van der Waals surface area contributed by atoms with Crippen LogP contribution < -0.4 is 15.5 Å². The van der Waals surface area contributed by atoms with Crippen LogP contribution in [-0.4, -0.2) is 58.2 Å². The zero-order chi connectivity index (χ0) is 18.6. The maximum Gasteiger partial charge on any atom is 0.270 e. The van der Waals surface area contributed by atoms with Gasteiger partial charge in [-0.25, -0.2) is 9.97 Å². The van der Waals surface area contributed by atoms with Crippen molar-refractivity contribution >= 4 is 17.5 Å². The number of piperidine rings is 1. The zero-order valence-corrected chi connectivity index (χ0v) is 15.1. The second-order valence-electron chi connectivity index (χ2n) is 6.61. The molecule has 0 bridgehead atoms. The minimum absolute atomic E-state index is 0.169. The van der Waals surface area contributed by atoms with Gasteiger partial charge < -0.3 is 20.6 Å². The van der Waals surface area contributed by atoms with Crippen LogP contribution in [0.5, 0.6) is 0 Å². The molecular formula is C18H24N6O2. The summed E-state index contributed by atoms with van der Waals surface area (Å²) in [5.74, 6) is 1.21. The van der Waals surface area contributed by atoms with Gasteiger partial charge in [0.25, 0.3) is 5.91 Å². The molecule has 1 amide bonds. The van der Waals surface area contributed by atoms with Crippen molar-refractivity contribution in [1.82, 2.24) is 20.3 Å². The Labute approximate surface area is 152 Å². The number of aliphatic hydroxyl groups is 1. The van der Waals surface area contributed by atoms with Crippen molar-refractivity contribution in [3.8, 4) is 0 Å². The molecule has 1 atom stereocenters. The summed E-state index contributed by atoms with van der Waals surface area (Å²) < 4.78 is 0. The van der Waals surface area contributed by atoms with Gasteiger partial charge in [0.2, 0.25) is 0 Å². The number of amides is 1. The molecule has 0 aliphatic carbocycles. The number of nitrogens with one attached hydrogen (secondary N) is 2. The Morgan fingerprint density at radius 1 is 1.38 bits per heavy atom. The van der Waals surface area contributed by atoms with Crippen LogP contribution in [0.4, 0.5) is 11.6 Å². The monoisotopic (exact) mass is 356 g/mol. The van der Waals surface area contributed by atoms with Crippen LogP contribution in [0.2, 0.25) is 0 Å². The van der Waals surface area contributed by atoms with Gasteiger partial charge in [0, 0.05) is 38.9 Å². The normalized spacial score (nSPS) is 19.9. The van der Waals surface area contributed by atoms with Gasteiger partial charge in [0.1, 0.15) is 23.7 Å². The van der Waals surface area contributed by atoms with Crippen molar-refractivity contribution < 1.29 is 9.90 Å². The highest BCUT2D eigenvalue weighted by Gasteiger charge is 2.34. The summed E-state index contributed by atoms with van der Waals surface area (Å²) in [5.41, 5.74) is 0.183. The lowest BCUT2D eigenvalue weighted by Crippen LogP contribution is -2.54. The molecule has 1 saturated heterocycles. The van der Waals surface area contributed by atoms with Crippen molar-refractivity contribution in [1.29, 1.82) is 0 Å². The number of rotatable bonds is 5. The number of carbonyl (C=O) groups excluding carboxylic acids is 1. The molecule has 0 aromatic carbocycles. The molecule has 26 heavy (non-hydrogen) atoms. The van der Waals surface area contributed by atoms with Crippen LogP contribution >= 0.6 is 0 Å². The summed E-state index contributed by atoms with van der Waals surface area (Å²) in [4.78, 5) is 26.9. The fourth-order valence-corrected chi connectivity index (χ4v) is 3.16. The fraction of sp³-hybridized carbons (Fsp3) is 0.444. The smallest absolute Gasteiger partial charge is 0.270 e. The molecule has 0 saturated carbocycles. The first-order chi connectivity index (χ1) is 12.5. The quantitative estimate of drug-likeness (QED) is 0.734. The Hall–Kier alpha value is -2.74. The summed E-state index contributed by atoms with van der Waals surface area (Å²) in [6.45, 7) is 3.21. The summed E-state index contributed by atoms with van der Waals surface area (Å²) >= 11 is 0. The van der Waals surface area contributed by atoms with E-state index in [4.69, 9.17) is 0 Å². The Bertz CT molecular complexity index is 784. The average Bonchev–Trinajstić information content (AvgIpc) is 2.67. The number of nitrogens with zero attached hydrogens (tertiary/aromatic N) is 4. The van der Waals surface area contributed by atoms with Crippen molar-refractivity contribution in [3.63, 3.8) is 0 Å². The van der Waals surface area contributed by atoms with Gasteiger partial charge in [-0.1, -0.05) is 6.07 Å². The molecular weight excluding hydrogens is 332 g/mol. The molecule has 1 aliphatic rings. The number of carbonyl (C=O) groups is 1. The lowest BCUT2D eigenvalue weighted by atomic mass is 9.92. The summed E-state index contributed by atoms with van der Waals surface area (Å²) in [6.07, 6.45) is 4.52. The first-order valence-corrected chi connectivity index (χ1v) is 8.68. The molecule has 3 heterocycles. The van der Waals surface area contributed by atoms with Crippen LogP contribution in [0, 0.1) is 6.92 Å². The van der Waals surface area contributed by atoms with Crippen LogP contribution in [0.3, 0.4) is 0 Å². The average molecular weight is 356 g/mol. The first-order valence-electron chi connectivity index (χ1n) is 8.68. The molecule has 2 aromatic heterocycles. The fourth-order valence-electron chi connectivity index (χ4n) is 3.16. The van der Waals surface area contributed by atoms with Crippen molar-refractivity contribution in [2.75, 3.05) is 36.9 Å². The van der Waals surface area contributed by atoms with Gasteiger partial charge >= 0.3 is 0 Å². The Balaban J connectivity index is 1.65. The predicted octanol–water partition coefficient (Wildman–Crippen LogP) is 0.983. The number of aryl methyl sites for hydroxylation is 1. The van der Waals surface area contributed by atoms with Gasteiger partial charge in [-0.05, 0) is 31.4 Å². The van der Waals surface area contributed by atoms with Crippen LogP contribution in [0.15, 0.2) is 30.7 Å². The topological polar surface area (TPSA) is 103 Å². The maximum absolute atomic E-state index is 12.4. The van der Waals surface area contributed by atoms with E-state index in [0.717, 1.165) is 30.2 Å². The number of hydrogen-bond acceptors (Lipinski definition) is 7. The molecule has 2 aromatic rings. The molecule has 1 fully saturated rings. The lowest BCUT2D eigenvalue weighted by Gasteiger charge is -2.39. The van der Waals surface area contributed by atoms with E-state index < -0.39 is 5.60 Å². The van der Waals surface area contributed by atoms with E-state index >= 15 is 0 Å². The SMILES string of the molecule is CNc1cc(N2CCC[C@](O)(CNC(=O)c3ncccc3C)C2)ncn1. The molecule has 1 aliphatic heterocycles. The van der Waals surface area contributed by atoms with E-state index in [1.54, 1.807) is 19.3 Å². The Morgan fingerprint density at radius 3 is 3.00 bits per heavy atom. The lowest BCUT2D eigenvalue weighted by molar-refractivity contribution is 0.0253. The van der Waals surface area contributed by atoms with Gasteiger partial charge in [-0.2, -0.15) is 0 Å². The standard InChI is InChI=1S/C18H24N6O2/c1-13-5-3-7-20-16(13)17(25)21-10-18(26)6-4-8-24(11-18)15-9-14(19-2)22-12-23-15/h3,5,7,9,12,26H,4,6,8,10-11H2,1-2H3,(H,21,25)(H,19,22,23)/t18-/m0/s1. The number of hydrogen-bond donors (Lipinski definition) is 3.